The third-order valence-electron chi connectivity index (χ3n) is 2.45. The number of hydrazone groups is 1. The summed E-state index contributed by atoms with van der Waals surface area (Å²) in [6.45, 7) is 1.96. The van der Waals surface area contributed by atoms with Gasteiger partial charge in [0.25, 0.3) is 5.91 Å². The summed E-state index contributed by atoms with van der Waals surface area (Å²) >= 11 is 7.30. The molecular formula is C13H11ClN2O2S. The van der Waals surface area contributed by atoms with Crippen molar-refractivity contribution in [2.75, 3.05) is 0 Å². The van der Waals surface area contributed by atoms with Crippen LogP contribution in [0.1, 0.15) is 20.8 Å². The van der Waals surface area contributed by atoms with Crippen LogP contribution in [0, 0.1) is 6.92 Å². The highest BCUT2D eigenvalue weighted by molar-refractivity contribution is 7.11. The van der Waals surface area contributed by atoms with Crippen LogP contribution in [0.3, 0.4) is 0 Å². The third kappa shape index (κ3) is 3.33. The summed E-state index contributed by atoms with van der Waals surface area (Å²) < 4.78 is 0. The SMILES string of the molecule is Cc1ccsc1/C=N\NC(=O)c1cc(Cl)ccc1O. The molecule has 0 saturated carbocycles. The van der Waals surface area contributed by atoms with Gasteiger partial charge in [-0.1, -0.05) is 11.6 Å². The van der Waals surface area contributed by atoms with E-state index < -0.39 is 5.91 Å². The summed E-state index contributed by atoms with van der Waals surface area (Å²) in [5.41, 5.74) is 3.53. The lowest BCUT2D eigenvalue weighted by Crippen LogP contribution is -2.17. The lowest BCUT2D eigenvalue weighted by Gasteiger charge is -2.03. The van der Waals surface area contributed by atoms with Gasteiger partial charge in [-0.25, -0.2) is 5.43 Å². The van der Waals surface area contributed by atoms with Crippen LogP contribution in [0.5, 0.6) is 5.75 Å². The minimum Gasteiger partial charge on any atom is -0.507 e. The number of benzene rings is 1. The van der Waals surface area contributed by atoms with Gasteiger partial charge in [0.2, 0.25) is 0 Å². The highest BCUT2D eigenvalue weighted by Crippen LogP contribution is 2.21. The van der Waals surface area contributed by atoms with Gasteiger partial charge in [0.05, 0.1) is 11.8 Å². The van der Waals surface area contributed by atoms with Gasteiger partial charge in [0.1, 0.15) is 5.75 Å². The number of hydrogen-bond donors (Lipinski definition) is 2. The Balaban J connectivity index is 2.08. The number of nitrogens with zero attached hydrogens (tertiary/aromatic N) is 1. The number of aromatic hydroxyl groups is 1. The molecule has 0 atom stereocenters. The van der Waals surface area contributed by atoms with E-state index in [0.29, 0.717) is 5.02 Å². The van der Waals surface area contributed by atoms with E-state index in [9.17, 15) is 9.90 Å². The number of hydrogen-bond acceptors (Lipinski definition) is 4. The number of phenolic OH excluding ortho intramolecular Hbond substituents is 1. The molecule has 6 heteroatoms. The van der Waals surface area contributed by atoms with Crippen molar-refractivity contribution in [2.24, 2.45) is 5.10 Å². The molecular weight excluding hydrogens is 284 g/mol. The van der Waals surface area contributed by atoms with Crippen LogP contribution in [-0.2, 0) is 0 Å². The largest absolute Gasteiger partial charge is 0.507 e. The van der Waals surface area contributed by atoms with E-state index in [2.05, 4.69) is 10.5 Å². The Morgan fingerprint density at radius 2 is 2.26 bits per heavy atom. The fourth-order valence-corrected chi connectivity index (χ4v) is 2.37. The molecule has 2 N–H and O–H groups in total. The van der Waals surface area contributed by atoms with Crippen LogP contribution in [0.4, 0.5) is 0 Å². The Morgan fingerprint density at radius 1 is 1.47 bits per heavy atom. The van der Waals surface area contributed by atoms with Crippen molar-refractivity contribution in [3.63, 3.8) is 0 Å². The average molecular weight is 295 g/mol. The van der Waals surface area contributed by atoms with Crippen molar-refractivity contribution in [3.05, 3.63) is 50.7 Å². The molecule has 1 amide bonds. The number of amides is 1. The molecule has 19 heavy (non-hydrogen) atoms. The van der Waals surface area contributed by atoms with Crippen molar-refractivity contribution < 1.29 is 9.90 Å². The lowest BCUT2D eigenvalue weighted by molar-refractivity contribution is 0.0952. The molecule has 1 heterocycles. The molecule has 1 aromatic carbocycles. The van der Waals surface area contributed by atoms with E-state index in [1.165, 1.54) is 29.5 Å². The van der Waals surface area contributed by atoms with Gasteiger partial charge < -0.3 is 5.11 Å². The number of aryl methyl sites for hydroxylation is 1. The molecule has 0 saturated heterocycles. The number of halogens is 1. The van der Waals surface area contributed by atoms with Gasteiger partial charge in [0, 0.05) is 9.90 Å². The zero-order chi connectivity index (χ0) is 13.8. The van der Waals surface area contributed by atoms with E-state index in [-0.39, 0.29) is 11.3 Å². The molecule has 2 aromatic rings. The summed E-state index contributed by atoms with van der Waals surface area (Å²) in [4.78, 5) is 12.8. The van der Waals surface area contributed by atoms with Gasteiger partial charge in [0.15, 0.2) is 0 Å². The van der Waals surface area contributed by atoms with Crippen LogP contribution in [0.15, 0.2) is 34.7 Å². The molecule has 1 aromatic heterocycles. The fraction of sp³-hybridized carbons (Fsp3) is 0.0769. The molecule has 0 spiro atoms. The zero-order valence-electron chi connectivity index (χ0n) is 10.1. The summed E-state index contributed by atoms with van der Waals surface area (Å²) in [7, 11) is 0. The van der Waals surface area contributed by atoms with Crippen molar-refractivity contribution >= 4 is 35.1 Å². The third-order valence-corrected chi connectivity index (χ3v) is 3.64. The number of carbonyl (C=O) groups excluding carboxylic acids is 1. The Kier molecular flexibility index (Phi) is 4.19. The molecule has 0 fully saturated rings. The molecule has 0 aliphatic carbocycles. The Labute approximate surface area is 119 Å². The predicted octanol–water partition coefficient (Wildman–Crippen LogP) is 3.18. The molecule has 0 radical (unpaired) electrons. The van der Waals surface area contributed by atoms with Gasteiger partial charge in [-0.3, -0.25) is 4.79 Å². The first kappa shape index (κ1) is 13.6. The van der Waals surface area contributed by atoms with Crippen LogP contribution in [0.2, 0.25) is 5.02 Å². The first-order valence-corrected chi connectivity index (χ1v) is 6.69. The zero-order valence-corrected chi connectivity index (χ0v) is 11.6. The quantitative estimate of drug-likeness (QED) is 0.674. The molecule has 0 aliphatic rings. The molecule has 98 valence electrons. The van der Waals surface area contributed by atoms with Crippen molar-refractivity contribution in [1.29, 1.82) is 0 Å². The van der Waals surface area contributed by atoms with Crippen LogP contribution < -0.4 is 5.43 Å². The van der Waals surface area contributed by atoms with Crippen LogP contribution in [-0.4, -0.2) is 17.2 Å². The second-order valence-corrected chi connectivity index (χ2v) is 5.21. The van der Waals surface area contributed by atoms with Gasteiger partial charge in [-0.15, -0.1) is 11.3 Å². The standard InChI is InChI=1S/C13H11ClN2O2S/c1-8-4-5-19-12(8)7-15-16-13(18)10-6-9(14)2-3-11(10)17/h2-7,17H,1H3,(H,16,18)/b15-7-. The fourth-order valence-electron chi connectivity index (χ4n) is 1.42. The number of rotatable bonds is 3. The van der Waals surface area contributed by atoms with E-state index in [4.69, 9.17) is 11.6 Å². The summed E-state index contributed by atoms with van der Waals surface area (Å²) in [6.07, 6.45) is 1.57. The second kappa shape index (κ2) is 5.86. The topological polar surface area (TPSA) is 61.7 Å². The van der Waals surface area contributed by atoms with Gasteiger partial charge in [-0.05, 0) is 42.1 Å². The number of nitrogens with one attached hydrogen (secondary N) is 1. The Hall–Kier alpha value is -1.85. The average Bonchev–Trinajstić information content (AvgIpc) is 2.78. The molecule has 0 bridgehead atoms. The minimum absolute atomic E-state index is 0.0903. The summed E-state index contributed by atoms with van der Waals surface area (Å²) in [6, 6.07) is 6.23. The maximum atomic E-state index is 11.8. The monoisotopic (exact) mass is 294 g/mol. The van der Waals surface area contributed by atoms with Gasteiger partial charge in [-0.2, -0.15) is 5.10 Å². The molecule has 0 unspecified atom stereocenters. The summed E-state index contributed by atoms with van der Waals surface area (Å²) in [5, 5.41) is 15.7. The highest BCUT2D eigenvalue weighted by Gasteiger charge is 2.10. The van der Waals surface area contributed by atoms with Crippen LogP contribution >= 0.6 is 22.9 Å². The van der Waals surface area contributed by atoms with Gasteiger partial charge >= 0.3 is 0 Å². The molecule has 0 aliphatic heterocycles. The number of phenols is 1. The van der Waals surface area contributed by atoms with E-state index in [1.54, 1.807) is 6.21 Å². The normalized spacial score (nSPS) is 10.8. The smallest absolute Gasteiger partial charge is 0.275 e. The lowest BCUT2D eigenvalue weighted by atomic mass is 10.2. The number of carbonyl (C=O) groups is 1. The maximum absolute atomic E-state index is 11.8. The Bertz CT molecular complexity index is 637. The van der Waals surface area contributed by atoms with Crippen molar-refractivity contribution in [1.82, 2.24) is 5.43 Å². The molecule has 4 nitrogen and oxygen atoms in total. The van der Waals surface area contributed by atoms with Crippen molar-refractivity contribution in [2.45, 2.75) is 6.92 Å². The minimum atomic E-state index is -0.509. The Morgan fingerprint density at radius 3 is 2.95 bits per heavy atom. The van der Waals surface area contributed by atoms with E-state index >= 15 is 0 Å². The van der Waals surface area contributed by atoms with Crippen LogP contribution in [0.25, 0.3) is 0 Å². The van der Waals surface area contributed by atoms with Crippen molar-refractivity contribution in [3.8, 4) is 5.75 Å². The summed E-state index contributed by atoms with van der Waals surface area (Å²) in [5.74, 6) is -0.644. The molecule has 2 rings (SSSR count). The first-order valence-electron chi connectivity index (χ1n) is 5.44. The van der Waals surface area contributed by atoms with E-state index in [1.807, 2.05) is 18.4 Å². The second-order valence-electron chi connectivity index (χ2n) is 3.83. The maximum Gasteiger partial charge on any atom is 0.275 e. The first-order chi connectivity index (χ1) is 9.08. The predicted molar refractivity (Wildman–Crippen MR) is 77.2 cm³/mol. The highest BCUT2D eigenvalue weighted by atomic mass is 35.5. The number of thiophene rings is 1. The van der Waals surface area contributed by atoms with E-state index in [0.717, 1.165) is 10.4 Å².